The maximum Gasteiger partial charge on any atom is 0.221 e. The Kier molecular flexibility index (Phi) is 6.95. The molecule has 2 aromatic rings. The molecule has 0 aliphatic rings. The van der Waals surface area contributed by atoms with Crippen LogP contribution in [0.4, 0.5) is 5.13 Å². The molecular formula is C14H17ClN4OS2. The number of amides is 1. The minimum absolute atomic E-state index is 0.00356. The molecule has 1 aromatic carbocycles. The molecular weight excluding hydrogens is 340 g/mol. The van der Waals surface area contributed by atoms with Crippen molar-refractivity contribution in [3.05, 3.63) is 34.9 Å². The molecule has 0 aliphatic heterocycles. The van der Waals surface area contributed by atoms with Crippen LogP contribution in [0.2, 0.25) is 5.02 Å². The highest BCUT2D eigenvalue weighted by Crippen LogP contribution is 2.25. The Bertz CT molecular complexity index is 620. The van der Waals surface area contributed by atoms with E-state index in [2.05, 4.69) is 20.8 Å². The van der Waals surface area contributed by atoms with E-state index in [-0.39, 0.29) is 5.91 Å². The molecule has 0 saturated heterocycles. The van der Waals surface area contributed by atoms with Gasteiger partial charge >= 0.3 is 0 Å². The topological polar surface area (TPSA) is 66.9 Å². The van der Waals surface area contributed by atoms with Crippen LogP contribution in [0.1, 0.15) is 18.9 Å². The Morgan fingerprint density at radius 1 is 1.36 bits per heavy atom. The first kappa shape index (κ1) is 17.1. The van der Waals surface area contributed by atoms with Crippen LogP contribution in [0.3, 0.4) is 0 Å². The van der Waals surface area contributed by atoms with E-state index in [1.165, 1.54) is 23.1 Å². The van der Waals surface area contributed by atoms with Gasteiger partial charge in [0.25, 0.3) is 0 Å². The van der Waals surface area contributed by atoms with Crippen LogP contribution in [0.25, 0.3) is 0 Å². The Morgan fingerprint density at radius 2 is 2.18 bits per heavy atom. The number of benzene rings is 1. The Balaban J connectivity index is 1.68. The molecule has 0 aliphatic carbocycles. The lowest BCUT2D eigenvalue weighted by Gasteiger charge is -2.06. The molecule has 0 spiro atoms. The van der Waals surface area contributed by atoms with Crippen LogP contribution in [0.15, 0.2) is 28.6 Å². The summed E-state index contributed by atoms with van der Waals surface area (Å²) in [4.78, 5) is 11.8. The molecule has 0 saturated carbocycles. The second-order valence-corrected chi connectivity index (χ2v) is 7.10. The van der Waals surface area contributed by atoms with E-state index in [9.17, 15) is 4.79 Å². The Labute approximate surface area is 142 Å². The summed E-state index contributed by atoms with van der Waals surface area (Å²) >= 11 is 9.08. The number of hydrogen-bond donors (Lipinski definition) is 2. The third kappa shape index (κ3) is 5.47. The average molecular weight is 357 g/mol. The van der Waals surface area contributed by atoms with Crippen molar-refractivity contribution in [3.63, 3.8) is 0 Å². The second kappa shape index (κ2) is 8.97. The molecule has 1 heterocycles. The quantitative estimate of drug-likeness (QED) is 0.709. The fraction of sp³-hybridized carbons (Fsp3) is 0.357. The fourth-order valence-electron chi connectivity index (χ4n) is 1.65. The predicted octanol–water partition coefficient (Wildman–Crippen LogP) is 3.42. The largest absolute Gasteiger partial charge is 0.360 e. The van der Waals surface area contributed by atoms with Gasteiger partial charge in [-0.3, -0.25) is 4.79 Å². The zero-order valence-electron chi connectivity index (χ0n) is 12.1. The first-order chi connectivity index (χ1) is 10.7. The van der Waals surface area contributed by atoms with Crippen LogP contribution >= 0.6 is 34.7 Å². The van der Waals surface area contributed by atoms with Crippen molar-refractivity contribution in [1.29, 1.82) is 0 Å². The molecule has 22 heavy (non-hydrogen) atoms. The van der Waals surface area contributed by atoms with Gasteiger partial charge in [0.05, 0.1) is 0 Å². The third-order valence-electron chi connectivity index (χ3n) is 2.72. The van der Waals surface area contributed by atoms with Gasteiger partial charge in [0.1, 0.15) is 0 Å². The average Bonchev–Trinajstić information content (AvgIpc) is 2.94. The summed E-state index contributed by atoms with van der Waals surface area (Å²) in [5.41, 5.74) is 0.921. The van der Waals surface area contributed by atoms with Crippen LogP contribution in [0.5, 0.6) is 0 Å². The van der Waals surface area contributed by atoms with E-state index >= 15 is 0 Å². The Hall–Kier alpha value is -1.31. The van der Waals surface area contributed by atoms with Gasteiger partial charge in [-0.15, -0.1) is 10.2 Å². The zero-order chi connectivity index (χ0) is 15.8. The van der Waals surface area contributed by atoms with Gasteiger partial charge in [-0.2, -0.15) is 0 Å². The van der Waals surface area contributed by atoms with Gasteiger partial charge in [-0.05, 0) is 18.6 Å². The maximum absolute atomic E-state index is 11.8. The number of thioether (sulfide) groups is 1. The molecule has 0 fully saturated rings. The van der Waals surface area contributed by atoms with E-state index < -0.39 is 0 Å². The molecule has 0 atom stereocenters. The normalized spacial score (nSPS) is 10.5. The summed E-state index contributed by atoms with van der Waals surface area (Å²) in [5.74, 6) is 0.679. The minimum atomic E-state index is 0.00356. The SMILES string of the molecule is CCNc1nnc(SCCC(=O)NCc2ccccc2Cl)s1. The van der Waals surface area contributed by atoms with Crippen molar-refractivity contribution in [2.75, 3.05) is 17.6 Å². The van der Waals surface area contributed by atoms with E-state index in [0.29, 0.717) is 23.7 Å². The van der Waals surface area contributed by atoms with Crippen molar-refractivity contribution in [3.8, 4) is 0 Å². The van der Waals surface area contributed by atoms with Gasteiger partial charge in [-0.1, -0.05) is 52.9 Å². The lowest BCUT2D eigenvalue weighted by molar-refractivity contribution is -0.120. The summed E-state index contributed by atoms with van der Waals surface area (Å²) in [6.07, 6.45) is 0.436. The maximum atomic E-state index is 11.8. The van der Waals surface area contributed by atoms with Gasteiger partial charge in [-0.25, -0.2) is 0 Å². The van der Waals surface area contributed by atoms with Crippen molar-refractivity contribution in [1.82, 2.24) is 15.5 Å². The van der Waals surface area contributed by atoms with Crippen LogP contribution in [0, 0.1) is 0 Å². The first-order valence-electron chi connectivity index (χ1n) is 6.89. The number of nitrogens with one attached hydrogen (secondary N) is 2. The number of nitrogens with zero attached hydrogens (tertiary/aromatic N) is 2. The molecule has 2 rings (SSSR count). The summed E-state index contributed by atoms with van der Waals surface area (Å²) in [6.45, 7) is 3.29. The molecule has 0 radical (unpaired) electrons. The number of anilines is 1. The number of aromatic nitrogens is 2. The third-order valence-corrected chi connectivity index (χ3v) is 5.11. The molecule has 118 valence electrons. The minimum Gasteiger partial charge on any atom is -0.360 e. The van der Waals surface area contributed by atoms with Gasteiger partial charge < -0.3 is 10.6 Å². The smallest absolute Gasteiger partial charge is 0.221 e. The molecule has 8 heteroatoms. The van der Waals surface area contributed by atoms with E-state index in [4.69, 9.17) is 11.6 Å². The number of hydrogen-bond acceptors (Lipinski definition) is 6. The summed E-state index contributed by atoms with van der Waals surface area (Å²) in [7, 11) is 0. The highest BCUT2D eigenvalue weighted by Gasteiger charge is 2.07. The predicted molar refractivity (Wildman–Crippen MR) is 92.7 cm³/mol. The number of carbonyl (C=O) groups excluding carboxylic acids is 1. The van der Waals surface area contributed by atoms with E-state index in [1.54, 1.807) is 0 Å². The monoisotopic (exact) mass is 356 g/mol. The van der Waals surface area contributed by atoms with E-state index in [1.807, 2.05) is 31.2 Å². The second-order valence-electron chi connectivity index (χ2n) is 4.37. The van der Waals surface area contributed by atoms with Crippen molar-refractivity contribution in [2.24, 2.45) is 0 Å². The highest BCUT2D eigenvalue weighted by molar-refractivity contribution is 8.01. The first-order valence-corrected chi connectivity index (χ1v) is 9.07. The summed E-state index contributed by atoms with van der Waals surface area (Å²) in [6, 6.07) is 7.49. The lowest BCUT2D eigenvalue weighted by atomic mass is 10.2. The zero-order valence-corrected chi connectivity index (χ0v) is 14.5. The number of rotatable bonds is 8. The molecule has 0 bridgehead atoms. The summed E-state index contributed by atoms with van der Waals surface area (Å²) in [5, 5.41) is 15.5. The Morgan fingerprint density at radius 3 is 2.95 bits per heavy atom. The standard InChI is InChI=1S/C14H17ClN4OS2/c1-2-16-13-18-19-14(22-13)21-8-7-12(20)17-9-10-5-3-4-6-11(10)15/h3-6H,2,7-9H2,1H3,(H,16,18)(H,17,20). The van der Waals surface area contributed by atoms with Gasteiger partial charge in [0.2, 0.25) is 11.0 Å². The van der Waals surface area contributed by atoms with Crippen molar-refractivity contribution in [2.45, 2.75) is 24.2 Å². The van der Waals surface area contributed by atoms with Crippen molar-refractivity contribution < 1.29 is 4.79 Å². The van der Waals surface area contributed by atoms with Gasteiger partial charge in [0, 0.05) is 30.3 Å². The summed E-state index contributed by atoms with van der Waals surface area (Å²) < 4.78 is 0.870. The molecule has 0 unspecified atom stereocenters. The fourth-order valence-corrected chi connectivity index (χ4v) is 3.68. The number of halogens is 1. The van der Waals surface area contributed by atoms with Crippen molar-refractivity contribution >= 4 is 45.7 Å². The molecule has 1 aromatic heterocycles. The van der Waals surface area contributed by atoms with E-state index in [0.717, 1.165) is 21.6 Å². The van der Waals surface area contributed by atoms with Crippen LogP contribution in [-0.4, -0.2) is 28.4 Å². The van der Waals surface area contributed by atoms with Crippen LogP contribution in [-0.2, 0) is 11.3 Å². The lowest BCUT2D eigenvalue weighted by Crippen LogP contribution is -2.23. The van der Waals surface area contributed by atoms with Crippen LogP contribution < -0.4 is 10.6 Å². The highest BCUT2D eigenvalue weighted by atomic mass is 35.5. The molecule has 2 N–H and O–H groups in total. The molecule has 5 nitrogen and oxygen atoms in total. The van der Waals surface area contributed by atoms with Gasteiger partial charge in [0.15, 0.2) is 4.34 Å². The number of carbonyl (C=O) groups is 1. The molecule has 1 amide bonds.